The van der Waals surface area contributed by atoms with Crippen molar-refractivity contribution in [2.24, 2.45) is 0 Å². The first-order valence-electron chi connectivity index (χ1n) is 8.91. The molecule has 3 rings (SSSR count). The van der Waals surface area contributed by atoms with Gasteiger partial charge in [-0.1, -0.05) is 31.2 Å². The molecule has 1 aliphatic rings. The Bertz CT molecular complexity index is 678. The molecule has 1 aromatic heterocycles. The molecule has 24 heavy (non-hydrogen) atoms. The van der Waals surface area contributed by atoms with E-state index in [1.807, 2.05) is 6.92 Å². The summed E-state index contributed by atoms with van der Waals surface area (Å²) in [5, 5.41) is 0. The molecule has 0 N–H and O–H groups in total. The number of hydrogen-bond donors (Lipinski definition) is 0. The van der Waals surface area contributed by atoms with E-state index in [0.717, 1.165) is 49.7 Å². The Morgan fingerprint density at radius 3 is 2.58 bits per heavy atom. The van der Waals surface area contributed by atoms with E-state index in [9.17, 15) is 0 Å². The highest BCUT2D eigenvalue weighted by atomic mass is 16.5. The van der Waals surface area contributed by atoms with Gasteiger partial charge in [-0.3, -0.25) is 0 Å². The van der Waals surface area contributed by atoms with Crippen molar-refractivity contribution < 1.29 is 4.74 Å². The number of nitrogens with zero attached hydrogens (tertiary/aromatic N) is 3. The first-order chi connectivity index (χ1) is 11.7. The number of ether oxygens (including phenoxy) is 1. The molecule has 1 saturated heterocycles. The Hall–Kier alpha value is -1.94. The van der Waals surface area contributed by atoms with Crippen molar-refractivity contribution in [3.8, 4) is 0 Å². The summed E-state index contributed by atoms with van der Waals surface area (Å²) in [6.07, 6.45) is 3.40. The van der Waals surface area contributed by atoms with Crippen molar-refractivity contribution in [2.75, 3.05) is 18.0 Å². The average molecular weight is 325 g/mol. The smallest absolute Gasteiger partial charge is 0.132 e. The standard InChI is InChI=1S/C20H27N3O/c1-4-18-13-20(22-16(3)21-18)23-11-9-19(10-12-23)24-14-17-8-6-5-7-15(17)2/h5-8,13,19H,4,9-12,14H2,1-3H3. The van der Waals surface area contributed by atoms with Gasteiger partial charge in [0.25, 0.3) is 0 Å². The number of anilines is 1. The molecular formula is C20H27N3O. The Balaban J connectivity index is 1.54. The highest BCUT2D eigenvalue weighted by Crippen LogP contribution is 2.22. The lowest BCUT2D eigenvalue weighted by molar-refractivity contribution is 0.0248. The molecule has 0 amide bonds. The minimum atomic E-state index is 0.342. The normalized spacial score (nSPS) is 15.7. The van der Waals surface area contributed by atoms with Gasteiger partial charge in [-0.15, -0.1) is 0 Å². The van der Waals surface area contributed by atoms with Gasteiger partial charge in [0.1, 0.15) is 11.6 Å². The van der Waals surface area contributed by atoms with Gasteiger partial charge < -0.3 is 9.64 Å². The van der Waals surface area contributed by atoms with E-state index in [0.29, 0.717) is 12.7 Å². The van der Waals surface area contributed by atoms with Gasteiger partial charge in [0, 0.05) is 24.8 Å². The predicted molar refractivity (Wildman–Crippen MR) is 97.4 cm³/mol. The second kappa shape index (κ2) is 7.75. The number of piperidine rings is 1. The summed E-state index contributed by atoms with van der Waals surface area (Å²) in [5.74, 6) is 1.93. The topological polar surface area (TPSA) is 38.2 Å². The Labute approximate surface area is 144 Å². The average Bonchev–Trinajstić information content (AvgIpc) is 2.61. The van der Waals surface area contributed by atoms with Crippen molar-refractivity contribution in [3.05, 3.63) is 53.0 Å². The predicted octanol–water partition coefficient (Wildman–Crippen LogP) is 3.84. The van der Waals surface area contributed by atoms with E-state index < -0.39 is 0 Å². The minimum Gasteiger partial charge on any atom is -0.373 e. The van der Waals surface area contributed by atoms with Crippen LogP contribution in [0.2, 0.25) is 0 Å². The molecule has 0 spiro atoms. The summed E-state index contributed by atoms with van der Waals surface area (Å²) < 4.78 is 6.14. The van der Waals surface area contributed by atoms with Crippen LogP contribution in [0.4, 0.5) is 5.82 Å². The molecule has 0 saturated carbocycles. The molecule has 1 fully saturated rings. The van der Waals surface area contributed by atoms with Crippen molar-refractivity contribution in [1.29, 1.82) is 0 Å². The first-order valence-corrected chi connectivity index (χ1v) is 8.91. The van der Waals surface area contributed by atoms with Crippen molar-refractivity contribution in [3.63, 3.8) is 0 Å². The van der Waals surface area contributed by atoms with Crippen molar-refractivity contribution in [1.82, 2.24) is 9.97 Å². The van der Waals surface area contributed by atoms with Gasteiger partial charge in [0.15, 0.2) is 0 Å². The molecule has 0 radical (unpaired) electrons. The zero-order chi connectivity index (χ0) is 16.9. The van der Waals surface area contributed by atoms with E-state index in [-0.39, 0.29) is 0 Å². The Morgan fingerprint density at radius 1 is 1.12 bits per heavy atom. The maximum absolute atomic E-state index is 6.14. The summed E-state index contributed by atoms with van der Waals surface area (Å²) in [7, 11) is 0. The number of rotatable bonds is 5. The fourth-order valence-electron chi connectivity index (χ4n) is 3.19. The molecule has 0 unspecified atom stereocenters. The van der Waals surface area contributed by atoms with Crippen LogP contribution in [0.5, 0.6) is 0 Å². The fraction of sp³-hybridized carbons (Fsp3) is 0.500. The summed E-state index contributed by atoms with van der Waals surface area (Å²) in [5.41, 5.74) is 3.72. The van der Waals surface area contributed by atoms with Gasteiger partial charge in [-0.25, -0.2) is 9.97 Å². The van der Waals surface area contributed by atoms with Crippen molar-refractivity contribution >= 4 is 5.82 Å². The SMILES string of the molecule is CCc1cc(N2CCC(OCc3ccccc3C)CC2)nc(C)n1. The summed E-state index contributed by atoms with van der Waals surface area (Å²) in [6, 6.07) is 10.6. The Kier molecular flexibility index (Phi) is 5.46. The molecule has 1 aromatic carbocycles. The molecule has 128 valence electrons. The second-order valence-corrected chi connectivity index (χ2v) is 6.54. The molecular weight excluding hydrogens is 298 g/mol. The lowest BCUT2D eigenvalue weighted by Crippen LogP contribution is -2.37. The fourth-order valence-corrected chi connectivity index (χ4v) is 3.19. The molecule has 0 aliphatic carbocycles. The van der Waals surface area contributed by atoms with Gasteiger partial charge in [0.05, 0.1) is 12.7 Å². The Morgan fingerprint density at radius 2 is 1.88 bits per heavy atom. The largest absolute Gasteiger partial charge is 0.373 e. The molecule has 4 nitrogen and oxygen atoms in total. The third-order valence-corrected chi connectivity index (χ3v) is 4.74. The molecule has 1 aliphatic heterocycles. The zero-order valence-electron chi connectivity index (χ0n) is 15.0. The van der Waals surface area contributed by atoms with E-state index in [1.165, 1.54) is 11.1 Å². The quantitative estimate of drug-likeness (QED) is 0.837. The third-order valence-electron chi connectivity index (χ3n) is 4.74. The molecule has 0 atom stereocenters. The number of benzene rings is 1. The van der Waals surface area contributed by atoms with Crippen LogP contribution < -0.4 is 4.90 Å². The minimum absolute atomic E-state index is 0.342. The van der Waals surface area contributed by atoms with Crippen LogP contribution in [0.15, 0.2) is 30.3 Å². The van der Waals surface area contributed by atoms with E-state index in [4.69, 9.17) is 4.74 Å². The van der Waals surface area contributed by atoms with Crippen LogP contribution >= 0.6 is 0 Å². The molecule has 0 bridgehead atoms. The molecule has 2 aromatic rings. The van der Waals surface area contributed by atoms with E-state index in [2.05, 4.69) is 59.0 Å². The molecule has 4 heteroatoms. The monoisotopic (exact) mass is 325 g/mol. The van der Waals surface area contributed by atoms with Crippen LogP contribution in [-0.2, 0) is 17.8 Å². The van der Waals surface area contributed by atoms with Crippen molar-refractivity contribution in [2.45, 2.75) is 52.7 Å². The van der Waals surface area contributed by atoms with Gasteiger partial charge in [-0.2, -0.15) is 0 Å². The maximum Gasteiger partial charge on any atom is 0.132 e. The van der Waals surface area contributed by atoms with Gasteiger partial charge in [0.2, 0.25) is 0 Å². The van der Waals surface area contributed by atoms with Crippen LogP contribution in [0.25, 0.3) is 0 Å². The number of hydrogen-bond acceptors (Lipinski definition) is 4. The highest BCUT2D eigenvalue weighted by Gasteiger charge is 2.21. The maximum atomic E-state index is 6.14. The van der Waals surface area contributed by atoms with E-state index in [1.54, 1.807) is 0 Å². The number of aromatic nitrogens is 2. The third kappa shape index (κ3) is 4.12. The van der Waals surface area contributed by atoms with Gasteiger partial charge in [-0.05, 0) is 44.2 Å². The van der Waals surface area contributed by atoms with Crippen LogP contribution in [-0.4, -0.2) is 29.2 Å². The summed E-state index contributed by atoms with van der Waals surface area (Å²) in [4.78, 5) is 11.4. The lowest BCUT2D eigenvalue weighted by atomic mass is 10.1. The van der Waals surface area contributed by atoms with Gasteiger partial charge >= 0.3 is 0 Å². The lowest BCUT2D eigenvalue weighted by Gasteiger charge is -2.33. The number of aryl methyl sites for hydroxylation is 3. The van der Waals surface area contributed by atoms with Crippen LogP contribution in [0.3, 0.4) is 0 Å². The van der Waals surface area contributed by atoms with Crippen LogP contribution in [0.1, 0.15) is 42.4 Å². The highest BCUT2D eigenvalue weighted by molar-refractivity contribution is 5.40. The molecule has 2 heterocycles. The van der Waals surface area contributed by atoms with Crippen LogP contribution in [0, 0.1) is 13.8 Å². The second-order valence-electron chi connectivity index (χ2n) is 6.54. The summed E-state index contributed by atoms with van der Waals surface area (Å²) in [6.45, 7) is 8.96. The van der Waals surface area contributed by atoms with E-state index >= 15 is 0 Å². The first kappa shape index (κ1) is 16.9. The summed E-state index contributed by atoms with van der Waals surface area (Å²) >= 11 is 0. The zero-order valence-corrected chi connectivity index (χ0v) is 15.0.